The molecule has 17 heavy (non-hydrogen) atoms. The lowest BCUT2D eigenvalue weighted by atomic mass is 9.86. The van der Waals surface area contributed by atoms with Gasteiger partial charge in [-0.15, -0.1) is 0 Å². The van der Waals surface area contributed by atoms with Crippen LogP contribution in [0.1, 0.15) is 59.8 Å². The number of nitrogens with one attached hydrogen (secondary N) is 1. The SMILES string of the molecule is C[C@@H]1CCC[C@H](C)N1CCCC(C)(C)C(=N)N. The average Bonchev–Trinajstić information content (AvgIpc) is 2.22. The van der Waals surface area contributed by atoms with E-state index in [9.17, 15) is 0 Å². The first-order chi connectivity index (χ1) is 7.84. The second kappa shape index (κ2) is 5.85. The first-order valence-corrected chi connectivity index (χ1v) is 6.95. The van der Waals surface area contributed by atoms with Crippen LogP contribution in [-0.2, 0) is 0 Å². The minimum absolute atomic E-state index is 0.137. The molecule has 0 aromatic carbocycles. The van der Waals surface area contributed by atoms with Crippen LogP contribution in [0.2, 0.25) is 0 Å². The molecular weight excluding hydrogens is 210 g/mol. The van der Waals surface area contributed by atoms with Gasteiger partial charge in [0.2, 0.25) is 0 Å². The number of amidine groups is 1. The fourth-order valence-corrected chi connectivity index (χ4v) is 2.75. The predicted octanol–water partition coefficient (Wildman–Crippen LogP) is 2.99. The Labute approximate surface area is 106 Å². The molecule has 0 aromatic heterocycles. The molecule has 0 spiro atoms. The van der Waals surface area contributed by atoms with E-state index in [1.54, 1.807) is 0 Å². The molecule has 3 N–H and O–H groups in total. The van der Waals surface area contributed by atoms with Crippen molar-refractivity contribution in [3.05, 3.63) is 0 Å². The van der Waals surface area contributed by atoms with E-state index in [0.29, 0.717) is 5.84 Å². The maximum absolute atomic E-state index is 7.56. The van der Waals surface area contributed by atoms with Gasteiger partial charge in [0, 0.05) is 17.5 Å². The average molecular weight is 239 g/mol. The molecule has 1 heterocycles. The van der Waals surface area contributed by atoms with Gasteiger partial charge in [0.25, 0.3) is 0 Å². The van der Waals surface area contributed by atoms with Gasteiger partial charge in [0.15, 0.2) is 0 Å². The highest BCUT2D eigenvalue weighted by Crippen LogP contribution is 2.26. The number of likely N-dealkylation sites (tertiary alicyclic amines) is 1. The molecule has 0 radical (unpaired) electrons. The van der Waals surface area contributed by atoms with E-state index < -0.39 is 0 Å². The van der Waals surface area contributed by atoms with Crippen molar-refractivity contribution in [2.45, 2.75) is 71.9 Å². The Kier molecular flexibility index (Phi) is 4.99. The van der Waals surface area contributed by atoms with E-state index in [0.717, 1.165) is 31.5 Å². The zero-order valence-corrected chi connectivity index (χ0v) is 11.9. The van der Waals surface area contributed by atoms with Gasteiger partial charge in [0.1, 0.15) is 0 Å². The van der Waals surface area contributed by atoms with E-state index >= 15 is 0 Å². The minimum Gasteiger partial charge on any atom is -0.387 e. The van der Waals surface area contributed by atoms with Crippen LogP contribution in [0.4, 0.5) is 0 Å². The van der Waals surface area contributed by atoms with Gasteiger partial charge in [-0.3, -0.25) is 10.3 Å². The highest BCUT2D eigenvalue weighted by molar-refractivity contribution is 5.82. The highest BCUT2D eigenvalue weighted by atomic mass is 15.2. The second-order valence-corrected chi connectivity index (χ2v) is 6.27. The lowest BCUT2D eigenvalue weighted by molar-refractivity contribution is 0.0990. The summed E-state index contributed by atoms with van der Waals surface area (Å²) in [4.78, 5) is 2.62. The van der Waals surface area contributed by atoms with Gasteiger partial charge in [-0.25, -0.2) is 0 Å². The van der Waals surface area contributed by atoms with Gasteiger partial charge in [-0.2, -0.15) is 0 Å². The fourth-order valence-electron chi connectivity index (χ4n) is 2.75. The third-order valence-electron chi connectivity index (χ3n) is 4.32. The third-order valence-corrected chi connectivity index (χ3v) is 4.32. The Morgan fingerprint density at radius 2 is 1.82 bits per heavy atom. The summed E-state index contributed by atoms with van der Waals surface area (Å²) in [6.45, 7) is 9.97. The largest absolute Gasteiger partial charge is 0.387 e. The van der Waals surface area contributed by atoms with Gasteiger partial charge in [-0.1, -0.05) is 20.3 Å². The Morgan fingerprint density at radius 1 is 1.29 bits per heavy atom. The van der Waals surface area contributed by atoms with Crippen molar-refractivity contribution in [1.29, 1.82) is 5.41 Å². The standard InChI is InChI=1S/C14H29N3/c1-11-7-5-8-12(2)17(11)10-6-9-14(3,4)13(15)16/h11-12H,5-10H2,1-4H3,(H3,15,16)/t11-,12+. The zero-order valence-electron chi connectivity index (χ0n) is 11.9. The van der Waals surface area contributed by atoms with Gasteiger partial charge in [0.05, 0.1) is 5.84 Å². The van der Waals surface area contributed by atoms with Crippen molar-refractivity contribution < 1.29 is 0 Å². The number of piperidine rings is 1. The number of hydrogen-bond acceptors (Lipinski definition) is 2. The summed E-state index contributed by atoms with van der Waals surface area (Å²) in [5.74, 6) is 0.317. The molecule has 100 valence electrons. The molecular formula is C14H29N3. The molecule has 0 saturated carbocycles. The predicted molar refractivity (Wildman–Crippen MR) is 74.4 cm³/mol. The molecule has 1 rings (SSSR count). The molecule has 1 aliphatic rings. The summed E-state index contributed by atoms with van der Waals surface area (Å²) in [5, 5.41) is 7.56. The lowest BCUT2D eigenvalue weighted by Gasteiger charge is -2.39. The number of nitrogens with zero attached hydrogens (tertiary/aromatic N) is 1. The maximum Gasteiger partial charge on any atom is 0.0963 e. The van der Waals surface area contributed by atoms with Crippen molar-refractivity contribution in [2.75, 3.05) is 6.54 Å². The molecule has 0 amide bonds. The fraction of sp³-hybridized carbons (Fsp3) is 0.929. The molecule has 1 aliphatic heterocycles. The lowest BCUT2D eigenvalue weighted by Crippen LogP contribution is -2.44. The Bertz CT molecular complexity index is 250. The molecule has 0 aromatic rings. The summed E-state index contributed by atoms with van der Waals surface area (Å²) in [7, 11) is 0. The monoisotopic (exact) mass is 239 g/mol. The third kappa shape index (κ3) is 3.98. The number of hydrogen-bond donors (Lipinski definition) is 2. The molecule has 0 aliphatic carbocycles. The van der Waals surface area contributed by atoms with Crippen LogP contribution in [-0.4, -0.2) is 29.4 Å². The minimum atomic E-state index is -0.137. The van der Waals surface area contributed by atoms with Crippen LogP contribution >= 0.6 is 0 Å². The van der Waals surface area contributed by atoms with E-state index in [-0.39, 0.29) is 5.41 Å². The van der Waals surface area contributed by atoms with Crippen LogP contribution in [0.15, 0.2) is 0 Å². The van der Waals surface area contributed by atoms with Crippen molar-refractivity contribution in [3.8, 4) is 0 Å². The molecule has 0 bridgehead atoms. The maximum atomic E-state index is 7.56. The summed E-state index contributed by atoms with van der Waals surface area (Å²) >= 11 is 0. The zero-order chi connectivity index (χ0) is 13.1. The molecule has 1 saturated heterocycles. The van der Waals surface area contributed by atoms with Crippen molar-refractivity contribution >= 4 is 5.84 Å². The second-order valence-electron chi connectivity index (χ2n) is 6.27. The molecule has 2 atom stereocenters. The van der Waals surface area contributed by atoms with E-state index in [2.05, 4.69) is 32.6 Å². The summed E-state index contributed by atoms with van der Waals surface area (Å²) in [5.41, 5.74) is 5.48. The number of nitrogens with two attached hydrogens (primary N) is 1. The Morgan fingerprint density at radius 3 is 2.29 bits per heavy atom. The van der Waals surface area contributed by atoms with E-state index in [4.69, 9.17) is 11.1 Å². The molecule has 3 nitrogen and oxygen atoms in total. The van der Waals surface area contributed by atoms with Crippen LogP contribution in [0, 0.1) is 10.8 Å². The quantitative estimate of drug-likeness (QED) is 0.572. The van der Waals surface area contributed by atoms with Crippen LogP contribution in [0.5, 0.6) is 0 Å². The Balaban J connectivity index is 2.37. The van der Waals surface area contributed by atoms with E-state index in [1.165, 1.54) is 19.3 Å². The van der Waals surface area contributed by atoms with Crippen LogP contribution < -0.4 is 5.73 Å². The van der Waals surface area contributed by atoms with Crippen molar-refractivity contribution in [1.82, 2.24) is 4.90 Å². The van der Waals surface area contributed by atoms with E-state index in [1.807, 2.05) is 0 Å². The summed E-state index contributed by atoms with van der Waals surface area (Å²) in [6, 6.07) is 1.44. The topological polar surface area (TPSA) is 53.1 Å². The van der Waals surface area contributed by atoms with Gasteiger partial charge in [-0.05, 0) is 46.1 Å². The number of rotatable bonds is 5. The van der Waals surface area contributed by atoms with Crippen molar-refractivity contribution in [2.24, 2.45) is 11.1 Å². The smallest absolute Gasteiger partial charge is 0.0963 e. The highest BCUT2D eigenvalue weighted by Gasteiger charge is 2.26. The Hall–Kier alpha value is -0.570. The van der Waals surface area contributed by atoms with Crippen molar-refractivity contribution in [3.63, 3.8) is 0 Å². The summed E-state index contributed by atoms with van der Waals surface area (Å²) in [6.07, 6.45) is 6.19. The van der Waals surface area contributed by atoms with Gasteiger partial charge < -0.3 is 5.73 Å². The van der Waals surface area contributed by atoms with Crippen LogP contribution in [0.3, 0.4) is 0 Å². The van der Waals surface area contributed by atoms with Gasteiger partial charge >= 0.3 is 0 Å². The molecule has 3 heteroatoms. The molecule has 1 fully saturated rings. The first-order valence-electron chi connectivity index (χ1n) is 6.95. The summed E-state index contributed by atoms with van der Waals surface area (Å²) < 4.78 is 0. The molecule has 0 unspecified atom stereocenters. The normalized spacial score (nSPS) is 27.1. The first kappa shape index (κ1) is 14.5. The van der Waals surface area contributed by atoms with Crippen LogP contribution in [0.25, 0.3) is 0 Å².